The summed E-state index contributed by atoms with van der Waals surface area (Å²) in [5, 5.41) is 16.9. The minimum atomic E-state index is -0.792. The van der Waals surface area contributed by atoms with E-state index in [4.69, 9.17) is 9.15 Å². The van der Waals surface area contributed by atoms with Crippen LogP contribution in [0.2, 0.25) is 0 Å². The molecular weight excluding hydrogens is 486 g/mol. The van der Waals surface area contributed by atoms with E-state index in [0.29, 0.717) is 16.5 Å². The van der Waals surface area contributed by atoms with E-state index in [1.54, 1.807) is 19.1 Å². The maximum absolute atomic E-state index is 13.2. The summed E-state index contributed by atoms with van der Waals surface area (Å²) in [4.78, 5) is 26.1. The predicted octanol–water partition coefficient (Wildman–Crippen LogP) is 5.66. The highest BCUT2D eigenvalue weighted by atomic mass is 32.2. The summed E-state index contributed by atoms with van der Waals surface area (Å²) in [6.07, 6.45) is 1.50. The molecule has 0 aliphatic carbocycles. The monoisotopic (exact) mass is 513 g/mol. The number of esters is 1. The second kappa shape index (κ2) is 11.7. The van der Waals surface area contributed by atoms with Gasteiger partial charge in [0.2, 0.25) is 5.91 Å². The van der Waals surface area contributed by atoms with Crippen molar-refractivity contribution < 1.29 is 18.7 Å². The van der Waals surface area contributed by atoms with Gasteiger partial charge in [-0.05, 0) is 49.6 Å². The number of amides is 1. The van der Waals surface area contributed by atoms with E-state index in [-0.39, 0.29) is 29.4 Å². The summed E-state index contributed by atoms with van der Waals surface area (Å²) in [5.41, 5.74) is 4.54. The first-order valence-corrected chi connectivity index (χ1v) is 12.8. The molecule has 0 fully saturated rings. The summed E-state index contributed by atoms with van der Waals surface area (Å²) in [5.74, 6) is -1.04. The summed E-state index contributed by atoms with van der Waals surface area (Å²) in [6.45, 7) is 5.80. The number of para-hydroxylation sites is 1. The molecule has 188 valence electrons. The third-order valence-electron chi connectivity index (χ3n) is 5.93. The fourth-order valence-electron chi connectivity index (χ4n) is 4.22. The largest absolute Gasteiger partial charge is 0.468 e. The van der Waals surface area contributed by atoms with Crippen LogP contribution >= 0.6 is 11.8 Å². The van der Waals surface area contributed by atoms with Gasteiger partial charge < -0.3 is 19.8 Å². The van der Waals surface area contributed by atoms with E-state index in [1.165, 1.54) is 18.0 Å². The van der Waals surface area contributed by atoms with Crippen LogP contribution in [0.25, 0.3) is 5.70 Å². The second-order valence-corrected chi connectivity index (χ2v) is 9.39. The van der Waals surface area contributed by atoms with Crippen molar-refractivity contribution in [1.29, 1.82) is 5.26 Å². The molecule has 0 saturated heterocycles. The number of aryl methyl sites for hydroxylation is 2. The fourth-order valence-corrected chi connectivity index (χ4v) is 5.06. The van der Waals surface area contributed by atoms with Crippen molar-refractivity contribution in [2.75, 3.05) is 17.7 Å². The van der Waals surface area contributed by atoms with Gasteiger partial charge in [-0.1, -0.05) is 60.3 Å². The lowest BCUT2D eigenvalue weighted by Gasteiger charge is -2.29. The number of carbonyl (C=O) groups is 2. The number of nitrogens with one attached hydrogen (secondary N) is 2. The van der Waals surface area contributed by atoms with Crippen LogP contribution in [0.4, 0.5) is 5.69 Å². The molecule has 2 N–H and O–H groups in total. The lowest BCUT2D eigenvalue weighted by Crippen LogP contribution is -2.29. The van der Waals surface area contributed by atoms with Crippen LogP contribution in [0.15, 0.2) is 87.5 Å². The number of rotatable bonds is 8. The highest BCUT2D eigenvalue weighted by molar-refractivity contribution is 8.03. The molecule has 0 bridgehead atoms. The number of benzene rings is 2. The Balaban J connectivity index is 1.72. The normalized spacial score (nSPS) is 15.1. The van der Waals surface area contributed by atoms with Gasteiger partial charge in [0.1, 0.15) is 5.76 Å². The number of nitriles is 1. The summed E-state index contributed by atoms with van der Waals surface area (Å²) >= 11 is 1.20. The highest BCUT2D eigenvalue weighted by Crippen LogP contribution is 2.43. The number of carbonyl (C=O) groups excluding carboxylic acids is 2. The molecule has 4 rings (SSSR count). The van der Waals surface area contributed by atoms with Crippen molar-refractivity contribution in [1.82, 2.24) is 5.32 Å². The van der Waals surface area contributed by atoms with Crippen LogP contribution in [-0.4, -0.2) is 24.2 Å². The van der Waals surface area contributed by atoms with Crippen molar-refractivity contribution >= 4 is 35.0 Å². The van der Waals surface area contributed by atoms with Gasteiger partial charge in [0.25, 0.3) is 0 Å². The minimum absolute atomic E-state index is 0.0585. The standard InChI is InChI=1S/C29H27N3O4S/c1-4-35-29(34)25-24(22-14-9-15-36-22)21(16-30)28(32-27(25)20-12-6-5-7-13-20)37-17-23(33)31-26-18(2)10-8-11-19(26)3/h5-15,24,32H,4,17H2,1-3H3,(H,31,33)/t24-/m1/s1. The third kappa shape index (κ3) is 5.63. The Hall–Kier alpha value is -4.22. The smallest absolute Gasteiger partial charge is 0.337 e. The number of nitrogens with zero attached hydrogens (tertiary/aromatic N) is 1. The first-order valence-electron chi connectivity index (χ1n) is 11.8. The number of anilines is 1. The fraction of sp³-hybridized carbons (Fsp3) is 0.207. The molecule has 2 heterocycles. The van der Waals surface area contributed by atoms with E-state index in [0.717, 1.165) is 22.4 Å². The van der Waals surface area contributed by atoms with E-state index in [2.05, 4.69) is 16.7 Å². The number of allylic oxidation sites excluding steroid dienone is 1. The zero-order chi connectivity index (χ0) is 26.4. The van der Waals surface area contributed by atoms with Gasteiger partial charge in [-0.3, -0.25) is 4.79 Å². The number of hydrogen-bond donors (Lipinski definition) is 2. The molecular formula is C29H27N3O4S. The lowest BCUT2D eigenvalue weighted by atomic mass is 9.84. The third-order valence-corrected chi connectivity index (χ3v) is 6.95. The average Bonchev–Trinajstić information content (AvgIpc) is 3.44. The Morgan fingerprint density at radius 2 is 1.81 bits per heavy atom. The first-order chi connectivity index (χ1) is 17.9. The number of dihydropyridines is 1. The van der Waals surface area contributed by atoms with Crippen LogP contribution < -0.4 is 10.6 Å². The van der Waals surface area contributed by atoms with Gasteiger partial charge in [-0.15, -0.1) is 0 Å². The van der Waals surface area contributed by atoms with Crippen molar-refractivity contribution in [2.45, 2.75) is 26.7 Å². The zero-order valence-electron chi connectivity index (χ0n) is 20.8. The van der Waals surface area contributed by atoms with E-state index < -0.39 is 11.9 Å². The lowest BCUT2D eigenvalue weighted by molar-refractivity contribution is -0.138. The van der Waals surface area contributed by atoms with Gasteiger partial charge in [-0.25, -0.2) is 4.79 Å². The van der Waals surface area contributed by atoms with Gasteiger partial charge in [0, 0.05) is 5.69 Å². The molecule has 0 spiro atoms. The van der Waals surface area contributed by atoms with Gasteiger partial charge in [-0.2, -0.15) is 5.26 Å². The average molecular weight is 514 g/mol. The summed E-state index contributed by atoms with van der Waals surface area (Å²) in [6, 6.07) is 20.9. The molecule has 0 saturated carbocycles. The molecule has 3 aromatic rings. The Morgan fingerprint density at radius 1 is 1.08 bits per heavy atom. The summed E-state index contributed by atoms with van der Waals surface area (Å²) < 4.78 is 11.1. The molecule has 1 aliphatic heterocycles. The van der Waals surface area contributed by atoms with Crippen molar-refractivity contribution in [3.05, 3.63) is 106 Å². The Kier molecular flexibility index (Phi) is 8.16. The Bertz CT molecular complexity index is 1380. The van der Waals surface area contributed by atoms with Crippen molar-refractivity contribution in [2.24, 2.45) is 0 Å². The molecule has 0 unspecified atom stereocenters. The quantitative estimate of drug-likeness (QED) is 0.374. The van der Waals surface area contributed by atoms with Crippen LogP contribution in [0.1, 0.15) is 35.3 Å². The van der Waals surface area contributed by atoms with Crippen molar-refractivity contribution in [3.8, 4) is 6.07 Å². The minimum Gasteiger partial charge on any atom is -0.468 e. The number of furan rings is 1. The van der Waals surface area contributed by atoms with Crippen LogP contribution in [-0.2, 0) is 14.3 Å². The van der Waals surface area contributed by atoms with Crippen LogP contribution in [0.5, 0.6) is 0 Å². The maximum atomic E-state index is 13.2. The Labute approximate surface area is 220 Å². The van der Waals surface area contributed by atoms with Gasteiger partial charge in [0.05, 0.1) is 52.5 Å². The van der Waals surface area contributed by atoms with E-state index in [9.17, 15) is 14.9 Å². The van der Waals surface area contributed by atoms with Gasteiger partial charge >= 0.3 is 5.97 Å². The molecule has 2 aromatic carbocycles. The summed E-state index contributed by atoms with van der Waals surface area (Å²) in [7, 11) is 0. The van der Waals surface area contributed by atoms with Crippen LogP contribution in [0, 0.1) is 25.2 Å². The molecule has 1 atom stereocenters. The Morgan fingerprint density at radius 3 is 2.43 bits per heavy atom. The van der Waals surface area contributed by atoms with Gasteiger partial charge in [0.15, 0.2) is 0 Å². The molecule has 1 amide bonds. The predicted molar refractivity (Wildman–Crippen MR) is 144 cm³/mol. The zero-order valence-corrected chi connectivity index (χ0v) is 21.6. The van der Waals surface area contributed by atoms with E-state index in [1.807, 2.05) is 62.4 Å². The second-order valence-electron chi connectivity index (χ2n) is 8.41. The number of thioether (sulfide) groups is 1. The SMILES string of the molecule is CCOC(=O)C1=C(c2ccccc2)NC(SCC(=O)Nc2c(C)cccc2C)=C(C#N)[C@@H]1c1ccco1. The number of ether oxygens (including phenoxy) is 1. The maximum Gasteiger partial charge on any atom is 0.337 e. The topological polar surface area (TPSA) is 104 Å². The highest BCUT2D eigenvalue weighted by Gasteiger charge is 2.38. The van der Waals surface area contributed by atoms with E-state index >= 15 is 0 Å². The first kappa shape index (κ1) is 25.9. The van der Waals surface area contributed by atoms with Crippen molar-refractivity contribution in [3.63, 3.8) is 0 Å². The van der Waals surface area contributed by atoms with Crippen LogP contribution in [0.3, 0.4) is 0 Å². The molecule has 1 aliphatic rings. The molecule has 0 radical (unpaired) electrons. The number of hydrogen-bond acceptors (Lipinski definition) is 7. The molecule has 7 nitrogen and oxygen atoms in total. The molecule has 1 aromatic heterocycles. The molecule has 8 heteroatoms. The molecule has 37 heavy (non-hydrogen) atoms.